The Morgan fingerprint density at radius 2 is 2.05 bits per heavy atom. The number of nitrogens with one attached hydrogen (secondary N) is 1. The predicted molar refractivity (Wildman–Crippen MR) is 82.6 cm³/mol. The lowest BCUT2D eigenvalue weighted by molar-refractivity contribution is -0.115. The number of nitrogens with two attached hydrogens (primary N) is 1. The third-order valence-corrected chi connectivity index (χ3v) is 4.30. The Morgan fingerprint density at radius 1 is 1.40 bits per heavy atom. The van der Waals surface area contributed by atoms with Crippen molar-refractivity contribution >= 4 is 39.7 Å². The predicted octanol–water partition coefficient (Wildman–Crippen LogP) is 1.48. The number of anilines is 2. The summed E-state index contributed by atoms with van der Waals surface area (Å²) in [6.45, 7) is 3.66. The highest BCUT2D eigenvalue weighted by Crippen LogP contribution is 2.08. The number of carbonyl (C=O) groups excluding carboxylic acids is 1. The van der Waals surface area contributed by atoms with E-state index in [4.69, 9.17) is 5.73 Å². The van der Waals surface area contributed by atoms with Crippen LogP contribution >= 0.6 is 12.4 Å². The van der Waals surface area contributed by atoms with Gasteiger partial charge in [-0.25, -0.2) is 13.4 Å². The number of pyridine rings is 1. The van der Waals surface area contributed by atoms with Gasteiger partial charge in [0, 0.05) is 6.42 Å². The number of aromatic nitrogens is 1. The van der Waals surface area contributed by atoms with Crippen molar-refractivity contribution in [1.29, 1.82) is 0 Å². The summed E-state index contributed by atoms with van der Waals surface area (Å²) in [4.78, 5) is 15.4. The molecule has 1 amide bonds. The van der Waals surface area contributed by atoms with E-state index < -0.39 is 9.84 Å². The standard InChI is InChI=1S/C12H19N3O3S.ClH/c1-9(2)8-19(17,18)6-5-12(16)15-10-3-4-11(13)14-7-10;/h3-4,7,9H,5-6,8H2,1-2H3,(H2,13,14)(H,15,16);1H. The van der Waals surface area contributed by atoms with Gasteiger partial charge in [0.15, 0.2) is 9.84 Å². The monoisotopic (exact) mass is 321 g/mol. The van der Waals surface area contributed by atoms with Gasteiger partial charge in [-0.2, -0.15) is 0 Å². The van der Waals surface area contributed by atoms with Gasteiger partial charge in [-0.05, 0) is 18.1 Å². The fourth-order valence-electron chi connectivity index (χ4n) is 1.54. The highest BCUT2D eigenvalue weighted by Gasteiger charge is 2.15. The normalized spacial score (nSPS) is 10.9. The molecular formula is C12H20ClN3O3S. The molecule has 0 aliphatic heterocycles. The Labute approximate surface area is 125 Å². The van der Waals surface area contributed by atoms with Gasteiger partial charge < -0.3 is 11.1 Å². The summed E-state index contributed by atoms with van der Waals surface area (Å²) < 4.78 is 23.3. The van der Waals surface area contributed by atoms with Crippen LogP contribution in [0.3, 0.4) is 0 Å². The van der Waals surface area contributed by atoms with E-state index in [2.05, 4.69) is 10.3 Å². The van der Waals surface area contributed by atoms with E-state index in [0.29, 0.717) is 11.5 Å². The summed E-state index contributed by atoms with van der Waals surface area (Å²) >= 11 is 0. The molecule has 8 heteroatoms. The summed E-state index contributed by atoms with van der Waals surface area (Å²) in [5.41, 5.74) is 5.92. The van der Waals surface area contributed by atoms with Crippen molar-refractivity contribution in [3.05, 3.63) is 18.3 Å². The molecule has 0 unspecified atom stereocenters. The van der Waals surface area contributed by atoms with Crippen molar-refractivity contribution in [1.82, 2.24) is 4.98 Å². The zero-order valence-corrected chi connectivity index (χ0v) is 13.1. The molecule has 3 N–H and O–H groups in total. The second-order valence-electron chi connectivity index (χ2n) is 4.78. The third-order valence-electron chi connectivity index (χ3n) is 2.30. The molecule has 0 saturated heterocycles. The van der Waals surface area contributed by atoms with Crippen LogP contribution in [0.4, 0.5) is 11.5 Å². The van der Waals surface area contributed by atoms with Crippen LogP contribution in [0.5, 0.6) is 0 Å². The lowest BCUT2D eigenvalue weighted by atomic mass is 10.3. The van der Waals surface area contributed by atoms with Gasteiger partial charge in [-0.15, -0.1) is 12.4 Å². The van der Waals surface area contributed by atoms with E-state index in [1.807, 2.05) is 13.8 Å². The number of amides is 1. The van der Waals surface area contributed by atoms with Crippen LogP contribution in [-0.2, 0) is 14.6 Å². The minimum Gasteiger partial charge on any atom is -0.384 e. The average molecular weight is 322 g/mol. The molecule has 0 saturated carbocycles. The van der Waals surface area contributed by atoms with Gasteiger partial charge in [0.1, 0.15) is 5.82 Å². The first-order valence-electron chi connectivity index (χ1n) is 6.00. The van der Waals surface area contributed by atoms with Crippen LogP contribution in [0.2, 0.25) is 0 Å². The fourth-order valence-corrected chi connectivity index (χ4v) is 3.22. The topological polar surface area (TPSA) is 102 Å². The first-order chi connectivity index (χ1) is 8.78. The Balaban J connectivity index is 0.00000361. The van der Waals surface area contributed by atoms with Crippen molar-refractivity contribution in [3.63, 3.8) is 0 Å². The minimum absolute atomic E-state index is 0. The Bertz CT molecular complexity index is 529. The van der Waals surface area contributed by atoms with Crippen molar-refractivity contribution in [2.75, 3.05) is 22.6 Å². The SMILES string of the molecule is CC(C)CS(=O)(=O)CCC(=O)Nc1ccc(N)nc1.Cl. The number of hydrogen-bond donors (Lipinski definition) is 2. The fraction of sp³-hybridized carbons (Fsp3) is 0.500. The second-order valence-corrected chi connectivity index (χ2v) is 7.01. The number of sulfone groups is 1. The maximum absolute atomic E-state index is 11.6. The molecule has 20 heavy (non-hydrogen) atoms. The number of halogens is 1. The van der Waals surface area contributed by atoms with Crippen molar-refractivity contribution in [2.24, 2.45) is 5.92 Å². The molecule has 0 fully saturated rings. The van der Waals surface area contributed by atoms with Crippen LogP contribution in [0, 0.1) is 5.92 Å². The summed E-state index contributed by atoms with van der Waals surface area (Å²) in [6, 6.07) is 3.17. The Hall–Kier alpha value is -1.34. The lowest BCUT2D eigenvalue weighted by Crippen LogP contribution is -2.21. The molecule has 0 atom stereocenters. The number of rotatable bonds is 6. The summed E-state index contributed by atoms with van der Waals surface area (Å²) in [5.74, 6) is 0.0362. The highest BCUT2D eigenvalue weighted by atomic mass is 35.5. The van der Waals surface area contributed by atoms with Gasteiger partial charge in [-0.3, -0.25) is 4.79 Å². The molecule has 1 heterocycles. The minimum atomic E-state index is -3.17. The van der Waals surface area contributed by atoms with Crippen LogP contribution in [0.1, 0.15) is 20.3 Å². The van der Waals surface area contributed by atoms with Crippen molar-refractivity contribution < 1.29 is 13.2 Å². The summed E-state index contributed by atoms with van der Waals surface area (Å²) in [6.07, 6.45) is 1.37. The molecule has 0 spiro atoms. The Morgan fingerprint density at radius 3 is 2.55 bits per heavy atom. The van der Waals surface area contributed by atoms with Crippen LogP contribution < -0.4 is 11.1 Å². The summed E-state index contributed by atoms with van der Waals surface area (Å²) in [5, 5.41) is 2.57. The molecule has 114 valence electrons. The van der Waals surface area contributed by atoms with Crippen molar-refractivity contribution in [3.8, 4) is 0 Å². The Kier molecular flexibility index (Phi) is 7.52. The first kappa shape index (κ1) is 18.7. The highest BCUT2D eigenvalue weighted by molar-refractivity contribution is 7.91. The average Bonchev–Trinajstić information content (AvgIpc) is 2.28. The second kappa shape index (κ2) is 8.06. The van der Waals surface area contributed by atoms with E-state index in [0.717, 1.165) is 0 Å². The van der Waals surface area contributed by atoms with Crippen LogP contribution in [-0.4, -0.2) is 30.8 Å². The maximum atomic E-state index is 11.6. The zero-order valence-electron chi connectivity index (χ0n) is 11.5. The largest absolute Gasteiger partial charge is 0.384 e. The van der Waals surface area contributed by atoms with Gasteiger partial charge in [0.05, 0.1) is 23.4 Å². The van der Waals surface area contributed by atoms with Gasteiger partial charge in [0.2, 0.25) is 5.91 Å². The number of carbonyl (C=O) groups is 1. The smallest absolute Gasteiger partial charge is 0.225 e. The molecule has 0 bridgehead atoms. The molecule has 0 aliphatic rings. The van der Waals surface area contributed by atoms with Gasteiger partial charge in [-0.1, -0.05) is 13.8 Å². The van der Waals surface area contributed by atoms with E-state index in [-0.39, 0.29) is 42.2 Å². The first-order valence-corrected chi connectivity index (χ1v) is 7.82. The lowest BCUT2D eigenvalue weighted by Gasteiger charge is -2.07. The van der Waals surface area contributed by atoms with E-state index >= 15 is 0 Å². The van der Waals surface area contributed by atoms with E-state index in [1.165, 1.54) is 6.20 Å². The molecule has 0 aromatic carbocycles. The van der Waals surface area contributed by atoms with Gasteiger partial charge >= 0.3 is 0 Å². The third kappa shape index (κ3) is 7.30. The molecule has 1 rings (SSSR count). The molecule has 1 aromatic heterocycles. The quantitative estimate of drug-likeness (QED) is 0.826. The molecule has 0 aliphatic carbocycles. The van der Waals surface area contributed by atoms with E-state index in [1.54, 1.807) is 12.1 Å². The summed E-state index contributed by atoms with van der Waals surface area (Å²) in [7, 11) is -3.17. The molecular weight excluding hydrogens is 302 g/mol. The number of nitrogens with zero attached hydrogens (tertiary/aromatic N) is 1. The molecule has 0 radical (unpaired) electrons. The molecule has 6 nitrogen and oxygen atoms in total. The van der Waals surface area contributed by atoms with Gasteiger partial charge in [0.25, 0.3) is 0 Å². The number of nitrogen functional groups attached to an aromatic ring is 1. The molecule has 1 aromatic rings. The number of hydrogen-bond acceptors (Lipinski definition) is 5. The van der Waals surface area contributed by atoms with Crippen LogP contribution in [0.15, 0.2) is 18.3 Å². The zero-order chi connectivity index (χ0) is 14.5. The van der Waals surface area contributed by atoms with E-state index in [9.17, 15) is 13.2 Å². The van der Waals surface area contributed by atoms with Crippen LogP contribution in [0.25, 0.3) is 0 Å². The maximum Gasteiger partial charge on any atom is 0.225 e. The van der Waals surface area contributed by atoms with Crippen molar-refractivity contribution in [2.45, 2.75) is 20.3 Å².